The highest BCUT2D eigenvalue weighted by Crippen LogP contribution is 2.25. The van der Waals surface area contributed by atoms with E-state index >= 15 is 0 Å². The standard InChI is InChI=1S/C21H15N5O/c1-14-19(25-21-23-9-4-10-26(14)21)16-6-3-8-18(12-16)24-20(27)17-7-2-5-15(11-17)13-22/h2-12H,1H3,(H,24,27). The third-order valence-corrected chi connectivity index (χ3v) is 4.29. The number of fused-ring (bicyclic) bond motifs is 1. The van der Waals surface area contributed by atoms with Crippen LogP contribution < -0.4 is 5.32 Å². The van der Waals surface area contributed by atoms with Gasteiger partial charge in [-0.1, -0.05) is 18.2 Å². The first-order chi connectivity index (χ1) is 13.2. The van der Waals surface area contributed by atoms with Crippen LogP contribution >= 0.6 is 0 Å². The molecule has 2 aromatic carbocycles. The summed E-state index contributed by atoms with van der Waals surface area (Å²) in [5.41, 5.74) is 4.22. The van der Waals surface area contributed by atoms with Gasteiger partial charge in [-0.15, -0.1) is 0 Å². The lowest BCUT2D eigenvalue weighted by molar-refractivity contribution is 0.102. The Morgan fingerprint density at radius 3 is 2.81 bits per heavy atom. The molecule has 0 spiro atoms. The highest BCUT2D eigenvalue weighted by Gasteiger charge is 2.12. The van der Waals surface area contributed by atoms with Crippen LogP contribution in [0.5, 0.6) is 0 Å². The van der Waals surface area contributed by atoms with E-state index in [1.165, 1.54) is 0 Å². The maximum atomic E-state index is 12.5. The van der Waals surface area contributed by atoms with E-state index in [0.717, 1.165) is 17.0 Å². The number of aromatic nitrogens is 3. The number of hydrogen-bond acceptors (Lipinski definition) is 4. The molecule has 27 heavy (non-hydrogen) atoms. The van der Waals surface area contributed by atoms with Gasteiger partial charge in [-0.2, -0.15) is 5.26 Å². The Hall–Kier alpha value is -3.98. The van der Waals surface area contributed by atoms with Crippen molar-refractivity contribution in [3.05, 3.63) is 83.8 Å². The van der Waals surface area contributed by atoms with Gasteiger partial charge < -0.3 is 5.32 Å². The summed E-state index contributed by atoms with van der Waals surface area (Å²) in [6, 6.07) is 18.0. The van der Waals surface area contributed by atoms with Gasteiger partial charge in [0.25, 0.3) is 5.91 Å². The van der Waals surface area contributed by atoms with Crippen LogP contribution in [0.1, 0.15) is 21.6 Å². The van der Waals surface area contributed by atoms with Crippen LogP contribution in [0.4, 0.5) is 5.69 Å². The Bertz CT molecular complexity index is 1200. The van der Waals surface area contributed by atoms with Crippen LogP contribution in [0.3, 0.4) is 0 Å². The number of rotatable bonds is 3. The minimum Gasteiger partial charge on any atom is -0.322 e. The molecule has 6 nitrogen and oxygen atoms in total. The molecule has 0 aliphatic carbocycles. The van der Waals surface area contributed by atoms with Crippen molar-refractivity contribution in [3.8, 4) is 17.3 Å². The molecule has 0 aliphatic heterocycles. The second-order valence-corrected chi connectivity index (χ2v) is 6.06. The molecule has 0 saturated heterocycles. The number of nitrogens with one attached hydrogen (secondary N) is 1. The molecular formula is C21H15N5O. The van der Waals surface area contributed by atoms with Crippen LogP contribution in [0, 0.1) is 18.3 Å². The summed E-state index contributed by atoms with van der Waals surface area (Å²) in [6.07, 6.45) is 3.62. The topological polar surface area (TPSA) is 83.1 Å². The van der Waals surface area contributed by atoms with Crippen LogP contribution in [0.15, 0.2) is 67.0 Å². The second-order valence-electron chi connectivity index (χ2n) is 6.06. The molecule has 0 radical (unpaired) electrons. The summed E-state index contributed by atoms with van der Waals surface area (Å²) in [6.45, 7) is 1.98. The summed E-state index contributed by atoms with van der Waals surface area (Å²) in [5.74, 6) is 0.366. The number of carbonyl (C=O) groups excluding carboxylic acids is 1. The number of carbonyl (C=O) groups is 1. The normalized spacial score (nSPS) is 10.5. The highest BCUT2D eigenvalue weighted by atomic mass is 16.1. The van der Waals surface area contributed by atoms with Crippen LogP contribution in [-0.2, 0) is 0 Å². The Morgan fingerprint density at radius 1 is 1.15 bits per heavy atom. The molecule has 4 aromatic rings. The monoisotopic (exact) mass is 353 g/mol. The fraction of sp³-hybridized carbons (Fsp3) is 0.0476. The number of nitriles is 1. The van der Waals surface area contributed by atoms with Crippen LogP contribution in [0.25, 0.3) is 17.0 Å². The van der Waals surface area contributed by atoms with Crippen molar-refractivity contribution in [2.45, 2.75) is 6.92 Å². The van der Waals surface area contributed by atoms with Crippen molar-refractivity contribution in [1.82, 2.24) is 14.4 Å². The third kappa shape index (κ3) is 3.14. The minimum absolute atomic E-state index is 0.266. The van der Waals surface area contributed by atoms with Gasteiger partial charge in [0.05, 0.1) is 17.3 Å². The van der Waals surface area contributed by atoms with Crippen LogP contribution in [0.2, 0.25) is 0 Å². The molecule has 130 valence electrons. The summed E-state index contributed by atoms with van der Waals surface area (Å²) in [7, 11) is 0. The molecular weight excluding hydrogens is 338 g/mol. The Morgan fingerprint density at radius 2 is 2.00 bits per heavy atom. The molecule has 4 rings (SSSR count). The first-order valence-corrected chi connectivity index (χ1v) is 8.37. The fourth-order valence-corrected chi connectivity index (χ4v) is 2.95. The van der Waals surface area contributed by atoms with Gasteiger partial charge >= 0.3 is 0 Å². The number of amides is 1. The quantitative estimate of drug-likeness (QED) is 0.607. The zero-order valence-electron chi connectivity index (χ0n) is 14.5. The van der Waals surface area contributed by atoms with Gasteiger partial charge in [0.2, 0.25) is 5.78 Å². The van der Waals surface area contributed by atoms with Crippen molar-refractivity contribution in [2.24, 2.45) is 0 Å². The molecule has 0 atom stereocenters. The van der Waals surface area contributed by atoms with Gasteiger partial charge in [-0.3, -0.25) is 9.20 Å². The largest absolute Gasteiger partial charge is 0.322 e. The number of hydrogen-bond donors (Lipinski definition) is 1. The van der Waals surface area contributed by atoms with E-state index < -0.39 is 0 Å². The molecule has 2 heterocycles. The van der Waals surface area contributed by atoms with Gasteiger partial charge in [-0.05, 0) is 43.3 Å². The Balaban J connectivity index is 1.65. The van der Waals surface area contributed by atoms with Crippen molar-refractivity contribution in [2.75, 3.05) is 5.32 Å². The maximum Gasteiger partial charge on any atom is 0.255 e. The Labute approximate surface area is 155 Å². The number of anilines is 1. The minimum atomic E-state index is -0.266. The summed E-state index contributed by atoms with van der Waals surface area (Å²) < 4.78 is 1.92. The molecule has 0 fully saturated rings. The van der Waals surface area contributed by atoms with E-state index in [2.05, 4.69) is 15.3 Å². The van der Waals surface area contributed by atoms with E-state index in [4.69, 9.17) is 5.26 Å². The molecule has 1 N–H and O–H groups in total. The van der Waals surface area contributed by atoms with E-state index in [1.54, 1.807) is 30.5 Å². The lowest BCUT2D eigenvalue weighted by Crippen LogP contribution is -2.12. The number of nitrogens with zero attached hydrogens (tertiary/aromatic N) is 4. The first-order valence-electron chi connectivity index (χ1n) is 8.37. The number of benzene rings is 2. The lowest BCUT2D eigenvalue weighted by Gasteiger charge is -2.07. The zero-order chi connectivity index (χ0) is 18.8. The van der Waals surface area contributed by atoms with Gasteiger partial charge in [0.15, 0.2) is 0 Å². The van der Waals surface area contributed by atoms with E-state index in [0.29, 0.717) is 22.6 Å². The summed E-state index contributed by atoms with van der Waals surface area (Å²) >= 11 is 0. The highest BCUT2D eigenvalue weighted by molar-refractivity contribution is 6.04. The van der Waals surface area contributed by atoms with Crippen molar-refractivity contribution >= 4 is 17.4 Å². The van der Waals surface area contributed by atoms with Gasteiger partial charge in [0, 0.05) is 34.9 Å². The van der Waals surface area contributed by atoms with E-state index in [-0.39, 0.29) is 5.91 Å². The summed E-state index contributed by atoms with van der Waals surface area (Å²) in [5, 5.41) is 11.9. The average Bonchev–Trinajstić information content (AvgIpc) is 3.05. The predicted molar refractivity (Wildman–Crippen MR) is 102 cm³/mol. The summed E-state index contributed by atoms with van der Waals surface area (Å²) in [4.78, 5) is 21.3. The van der Waals surface area contributed by atoms with Crippen molar-refractivity contribution < 1.29 is 4.79 Å². The average molecular weight is 353 g/mol. The molecule has 0 bridgehead atoms. The molecule has 6 heteroatoms. The molecule has 0 unspecified atom stereocenters. The molecule has 1 amide bonds. The van der Waals surface area contributed by atoms with E-state index in [9.17, 15) is 4.79 Å². The molecule has 2 aromatic heterocycles. The Kier molecular flexibility index (Phi) is 4.11. The number of imidazole rings is 1. The first kappa shape index (κ1) is 16.5. The SMILES string of the molecule is Cc1c(-c2cccc(NC(=O)c3cccc(C#N)c3)c2)nc2ncccn12. The number of aryl methyl sites for hydroxylation is 1. The van der Waals surface area contributed by atoms with Crippen LogP contribution in [-0.4, -0.2) is 20.3 Å². The maximum absolute atomic E-state index is 12.5. The fourth-order valence-electron chi connectivity index (χ4n) is 2.95. The van der Waals surface area contributed by atoms with Gasteiger partial charge in [0.1, 0.15) is 0 Å². The predicted octanol–water partition coefficient (Wildman–Crippen LogP) is 3.83. The van der Waals surface area contributed by atoms with Crippen molar-refractivity contribution in [3.63, 3.8) is 0 Å². The van der Waals surface area contributed by atoms with Crippen molar-refractivity contribution in [1.29, 1.82) is 5.26 Å². The third-order valence-electron chi connectivity index (χ3n) is 4.29. The lowest BCUT2D eigenvalue weighted by atomic mass is 10.1. The second kappa shape index (κ2) is 6.73. The zero-order valence-corrected chi connectivity index (χ0v) is 14.5. The smallest absolute Gasteiger partial charge is 0.255 e. The van der Waals surface area contributed by atoms with Gasteiger partial charge in [-0.25, -0.2) is 9.97 Å². The molecule has 0 saturated carbocycles. The van der Waals surface area contributed by atoms with E-state index in [1.807, 2.05) is 53.9 Å². The molecule has 0 aliphatic rings.